The van der Waals surface area contributed by atoms with Crippen molar-refractivity contribution in [1.29, 1.82) is 0 Å². The summed E-state index contributed by atoms with van der Waals surface area (Å²) in [5.74, 6) is 0.959. The second kappa shape index (κ2) is 8.86. The van der Waals surface area contributed by atoms with E-state index >= 15 is 0 Å². The van der Waals surface area contributed by atoms with Crippen LogP contribution in [0.15, 0.2) is 18.2 Å². The standard InChI is InChI=1S/C17H25NO5/c1-12(19)13-5-6-16(17(8-13)21-2)23-11-14(20)9-18-10-15-4-3-7-22-15/h5-6,8,14-15,18,20H,3-4,7,9-11H2,1-2H3/t14-,15-/m1/s1. The SMILES string of the molecule is COc1cc(C(C)=O)ccc1OC[C@H](O)CNC[C@H]1CCCO1. The molecule has 0 amide bonds. The second-order valence-corrected chi connectivity index (χ2v) is 5.68. The van der Waals surface area contributed by atoms with Crippen molar-refractivity contribution in [1.82, 2.24) is 5.32 Å². The molecule has 0 aromatic heterocycles. The van der Waals surface area contributed by atoms with Gasteiger partial charge >= 0.3 is 0 Å². The van der Waals surface area contributed by atoms with E-state index in [9.17, 15) is 9.90 Å². The third-order valence-electron chi connectivity index (χ3n) is 3.78. The Morgan fingerprint density at radius 1 is 1.48 bits per heavy atom. The molecule has 0 saturated carbocycles. The number of aliphatic hydroxyl groups is 1. The van der Waals surface area contributed by atoms with Crippen molar-refractivity contribution in [2.24, 2.45) is 0 Å². The Labute approximate surface area is 136 Å². The first-order chi connectivity index (χ1) is 11.1. The number of aliphatic hydroxyl groups excluding tert-OH is 1. The van der Waals surface area contributed by atoms with Crippen LogP contribution in [0.3, 0.4) is 0 Å². The van der Waals surface area contributed by atoms with Gasteiger partial charge in [-0.05, 0) is 38.0 Å². The van der Waals surface area contributed by atoms with Crippen LogP contribution in [-0.2, 0) is 4.74 Å². The van der Waals surface area contributed by atoms with E-state index in [0.717, 1.165) is 26.0 Å². The lowest BCUT2D eigenvalue weighted by atomic mass is 10.1. The van der Waals surface area contributed by atoms with Crippen LogP contribution in [0.2, 0.25) is 0 Å². The number of ketones is 1. The molecule has 1 aliphatic rings. The lowest BCUT2D eigenvalue weighted by Crippen LogP contribution is -2.35. The van der Waals surface area contributed by atoms with Crippen molar-refractivity contribution < 1.29 is 24.1 Å². The quantitative estimate of drug-likeness (QED) is 0.669. The smallest absolute Gasteiger partial charge is 0.161 e. The van der Waals surface area contributed by atoms with Crippen molar-refractivity contribution in [2.75, 3.05) is 33.4 Å². The van der Waals surface area contributed by atoms with Crippen LogP contribution in [0.5, 0.6) is 11.5 Å². The first-order valence-corrected chi connectivity index (χ1v) is 7.92. The van der Waals surface area contributed by atoms with Gasteiger partial charge in [0.1, 0.15) is 12.7 Å². The van der Waals surface area contributed by atoms with Gasteiger partial charge in [-0.3, -0.25) is 4.79 Å². The largest absolute Gasteiger partial charge is 0.493 e. The molecule has 1 fully saturated rings. The zero-order valence-corrected chi connectivity index (χ0v) is 13.7. The Hall–Kier alpha value is -1.63. The Kier molecular flexibility index (Phi) is 6.83. The zero-order chi connectivity index (χ0) is 16.7. The van der Waals surface area contributed by atoms with E-state index in [1.807, 2.05) is 0 Å². The normalized spacial score (nSPS) is 18.7. The van der Waals surface area contributed by atoms with Crippen LogP contribution in [0.1, 0.15) is 30.1 Å². The minimum absolute atomic E-state index is 0.0341. The maximum atomic E-state index is 11.4. The summed E-state index contributed by atoms with van der Waals surface area (Å²) in [7, 11) is 1.52. The molecule has 0 bridgehead atoms. The van der Waals surface area contributed by atoms with E-state index in [-0.39, 0.29) is 18.5 Å². The first-order valence-electron chi connectivity index (χ1n) is 7.92. The third kappa shape index (κ3) is 5.49. The van der Waals surface area contributed by atoms with Gasteiger partial charge in [0.2, 0.25) is 0 Å². The molecule has 1 aromatic rings. The fourth-order valence-electron chi connectivity index (χ4n) is 2.47. The van der Waals surface area contributed by atoms with E-state index < -0.39 is 6.10 Å². The highest BCUT2D eigenvalue weighted by Crippen LogP contribution is 2.28. The Morgan fingerprint density at radius 3 is 2.96 bits per heavy atom. The topological polar surface area (TPSA) is 77.0 Å². The van der Waals surface area contributed by atoms with E-state index in [4.69, 9.17) is 14.2 Å². The van der Waals surface area contributed by atoms with Crippen LogP contribution in [-0.4, -0.2) is 56.5 Å². The molecule has 1 saturated heterocycles. The molecule has 1 aliphatic heterocycles. The molecule has 128 valence electrons. The minimum Gasteiger partial charge on any atom is -0.493 e. The Morgan fingerprint density at radius 2 is 2.30 bits per heavy atom. The highest BCUT2D eigenvalue weighted by Gasteiger charge is 2.16. The van der Waals surface area contributed by atoms with Gasteiger partial charge in [0, 0.05) is 25.3 Å². The maximum absolute atomic E-state index is 11.4. The van der Waals surface area contributed by atoms with Crippen molar-refractivity contribution >= 4 is 5.78 Å². The third-order valence-corrected chi connectivity index (χ3v) is 3.78. The summed E-state index contributed by atoms with van der Waals surface area (Å²) < 4.78 is 16.3. The number of nitrogens with one attached hydrogen (secondary N) is 1. The summed E-state index contributed by atoms with van der Waals surface area (Å²) in [5.41, 5.74) is 0.563. The Balaban J connectivity index is 1.76. The van der Waals surface area contributed by atoms with E-state index in [1.165, 1.54) is 14.0 Å². The molecule has 2 N–H and O–H groups in total. The van der Waals surface area contributed by atoms with E-state index in [0.29, 0.717) is 23.6 Å². The molecule has 1 aromatic carbocycles. The van der Waals surface area contributed by atoms with Gasteiger partial charge in [-0.15, -0.1) is 0 Å². The van der Waals surface area contributed by atoms with Gasteiger partial charge in [0.15, 0.2) is 17.3 Å². The molecular formula is C17H25NO5. The monoisotopic (exact) mass is 323 g/mol. The number of methoxy groups -OCH3 is 1. The lowest BCUT2D eigenvalue weighted by molar-refractivity contribution is 0.0873. The number of benzene rings is 1. The molecular weight excluding hydrogens is 298 g/mol. The van der Waals surface area contributed by atoms with Crippen LogP contribution >= 0.6 is 0 Å². The average molecular weight is 323 g/mol. The Bertz CT molecular complexity index is 514. The zero-order valence-electron chi connectivity index (χ0n) is 13.7. The molecule has 2 atom stereocenters. The maximum Gasteiger partial charge on any atom is 0.161 e. The number of carbonyl (C=O) groups is 1. The van der Waals surface area contributed by atoms with Gasteiger partial charge in [-0.2, -0.15) is 0 Å². The van der Waals surface area contributed by atoms with Crippen molar-refractivity contribution in [3.8, 4) is 11.5 Å². The molecule has 0 radical (unpaired) electrons. The van der Waals surface area contributed by atoms with Crippen molar-refractivity contribution in [2.45, 2.75) is 32.0 Å². The second-order valence-electron chi connectivity index (χ2n) is 5.68. The molecule has 1 heterocycles. The van der Waals surface area contributed by atoms with Crippen LogP contribution in [0.4, 0.5) is 0 Å². The summed E-state index contributed by atoms with van der Waals surface area (Å²) in [6, 6.07) is 5.00. The number of hydrogen-bond acceptors (Lipinski definition) is 6. The minimum atomic E-state index is -0.631. The molecule has 0 spiro atoms. The molecule has 0 aliphatic carbocycles. The van der Waals surface area contributed by atoms with E-state index in [2.05, 4.69) is 5.32 Å². The predicted molar refractivity (Wildman–Crippen MR) is 86.3 cm³/mol. The average Bonchev–Trinajstić information content (AvgIpc) is 3.06. The van der Waals surface area contributed by atoms with Crippen LogP contribution in [0, 0.1) is 0 Å². The number of Topliss-reactive ketones (excluding diaryl/α,β-unsaturated/α-hetero) is 1. The van der Waals surface area contributed by atoms with Gasteiger partial charge in [-0.1, -0.05) is 0 Å². The fourth-order valence-corrected chi connectivity index (χ4v) is 2.47. The van der Waals surface area contributed by atoms with E-state index in [1.54, 1.807) is 18.2 Å². The van der Waals surface area contributed by atoms with Crippen LogP contribution in [0.25, 0.3) is 0 Å². The molecule has 23 heavy (non-hydrogen) atoms. The summed E-state index contributed by atoms with van der Waals surface area (Å²) in [5, 5.41) is 13.2. The predicted octanol–water partition coefficient (Wildman–Crippen LogP) is 1.41. The molecule has 2 rings (SSSR count). The van der Waals surface area contributed by atoms with Crippen molar-refractivity contribution in [3.63, 3.8) is 0 Å². The van der Waals surface area contributed by atoms with Gasteiger partial charge in [0.05, 0.1) is 13.2 Å². The molecule has 6 nitrogen and oxygen atoms in total. The highest BCUT2D eigenvalue weighted by molar-refractivity contribution is 5.94. The summed E-state index contributed by atoms with van der Waals surface area (Å²) in [4.78, 5) is 11.4. The lowest BCUT2D eigenvalue weighted by Gasteiger charge is -2.16. The van der Waals surface area contributed by atoms with Gasteiger partial charge in [0.25, 0.3) is 0 Å². The van der Waals surface area contributed by atoms with Gasteiger partial charge < -0.3 is 24.6 Å². The molecule has 6 heteroatoms. The fraction of sp³-hybridized carbons (Fsp3) is 0.588. The summed E-state index contributed by atoms with van der Waals surface area (Å²) in [6.07, 6.45) is 1.80. The summed E-state index contributed by atoms with van der Waals surface area (Å²) in [6.45, 7) is 3.66. The number of hydrogen-bond donors (Lipinski definition) is 2. The van der Waals surface area contributed by atoms with Crippen molar-refractivity contribution in [3.05, 3.63) is 23.8 Å². The first kappa shape index (κ1) is 17.7. The molecule has 0 unspecified atom stereocenters. The van der Waals surface area contributed by atoms with Crippen LogP contribution < -0.4 is 14.8 Å². The highest BCUT2D eigenvalue weighted by atomic mass is 16.5. The summed E-state index contributed by atoms with van der Waals surface area (Å²) >= 11 is 0. The number of rotatable bonds is 9. The number of ether oxygens (including phenoxy) is 3. The number of carbonyl (C=O) groups excluding carboxylic acids is 1. The van der Waals surface area contributed by atoms with Gasteiger partial charge in [-0.25, -0.2) is 0 Å².